The Morgan fingerprint density at radius 2 is 1.93 bits per heavy atom. The van der Waals surface area contributed by atoms with Crippen molar-refractivity contribution in [3.63, 3.8) is 0 Å². The summed E-state index contributed by atoms with van der Waals surface area (Å²) in [6.45, 7) is 2.02. The van der Waals surface area contributed by atoms with Gasteiger partial charge in [0.15, 0.2) is 11.5 Å². The van der Waals surface area contributed by atoms with E-state index in [0.717, 1.165) is 59.2 Å². The second-order valence-electron chi connectivity index (χ2n) is 7.77. The molecule has 1 atom stereocenters. The van der Waals surface area contributed by atoms with Crippen LogP contribution in [0.25, 0.3) is 0 Å². The maximum absolute atomic E-state index is 13.4. The lowest BCUT2D eigenvalue weighted by atomic mass is 10.0. The van der Waals surface area contributed by atoms with Crippen LogP contribution in [0.15, 0.2) is 41.3 Å². The van der Waals surface area contributed by atoms with Crippen molar-refractivity contribution in [2.75, 3.05) is 30.8 Å². The molecule has 0 bridgehead atoms. The van der Waals surface area contributed by atoms with Gasteiger partial charge in [-0.25, -0.2) is 0 Å². The molecule has 0 radical (unpaired) electrons. The lowest BCUT2D eigenvalue weighted by molar-refractivity contribution is -0.115. The smallest absolute Gasteiger partial charge is 0.254 e. The van der Waals surface area contributed by atoms with Gasteiger partial charge in [-0.2, -0.15) is 0 Å². The molecule has 5 rings (SSSR count). The third-order valence-electron chi connectivity index (χ3n) is 5.76. The Labute approximate surface area is 179 Å². The minimum atomic E-state index is -0.00379. The fourth-order valence-electron chi connectivity index (χ4n) is 4.26. The van der Waals surface area contributed by atoms with Crippen molar-refractivity contribution in [2.45, 2.75) is 36.6 Å². The fourth-order valence-corrected chi connectivity index (χ4v) is 5.20. The second kappa shape index (κ2) is 8.22. The Kier molecular flexibility index (Phi) is 5.29. The van der Waals surface area contributed by atoms with Gasteiger partial charge < -0.3 is 19.7 Å². The molecular formula is C23H24N2O4S. The SMILES string of the molecule is O=C1CCSc2ccc(C(=O)N3CCC[C@H]3c3ccc4c(c3)OCCCO4)cc2N1. The zero-order valence-electron chi connectivity index (χ0n) is 16.7. The first-order valence-electron chi connectivity index (χ1n) is 10.5. The monoisotopic (exact) mass is 424 g/mol. The molecule has 3 aliphatic rings. The quantitative estimate of drug-likeness (QED) is 0.780. The molecule has 2 aromatic rings. The van der Waals surface area contributed by atoms with Crippen molar-refractivity contribution < 1.29 is 19.1 Å². The van der Waals surface area contributed by atoms with Crippen molar-refractivity contribution in [1.82, 2.24) is 4.90 Å². The molecular weight excluding hydrogens is 400 g/mol. The lowest BCUT2D eigenvalue weighted by Gasteiger charge is -2.26. The average molecular weight is 425 g/mol. The standard InChI is InChI=1S/C23H24N2O4S/c26-22-8-12-30-21-7-5-16(13-17(21)24-22)23(27)25-9-1-3-18(25)15-4-6-19-20(14-15)29-11-2-10-28-19/h4-7,13-14,18H,1-3,8-12H2,(H,24,26)/t18-/m0/s1. The van der Waals surface area contributed by atoms with Crippen LogP contribution in [0.3, 0.4) is 0 Å². The summed E-state index contributed by atoms with van der Waals surface area (Å²) in [5.41, 5.74) is 2.42. The van der Waals surface area contributed by atoms with E-state index in [1.807, 2.05) is 41.3 Å². The summed E-state index contributed by atoms with van der Waals surface area (Å²) in [4.78, 5) is 28.2. The van der Waals surface area contributed by atoms with Crippen molar-refractivity contribution in [3.8, 4) is 11.5 Å². The first kappa shape index (κ1) is 19.3. The molecule has 7 heteroatoms. The van der Waals surface area contributed by atoms with Gasteiger partial charge >= 0.3 is 0 Å². The minimum absolute atomic E-state index is 0.00269. The average Bonchev–Trinajstić information content (AvgIpc) is 3.01. The summed E-state index contributed by atoms with van der Waals surface area (Å²) < 4.78 is 11.6. The molecule has 2 amide bonds. The maximum atomic E-state index is 13.4. The highest BCUT2D eigenvalue weighted by molar-refractivity contribution is 7.99. The predicted octanol–water partition coefficient (Wildman–Crippen LogP) is 4.26. The van der Waals surface area contributed by atoms with Gasteiger partial charge in [0.1, 0.15) is 0 Å². The van der Waals surface area contributed by atoms with E-state index < -0.39 is 0 Å². The Hall–Kier alpha value is -2.67. The Morgan fingerprint density at radius 1 is 1.07 bits per heavy atom. The number of fused-ring (bicyclic) bond motifs is 2. The van der Waals surface area contributed by atoms with Gasteiger partial charge in [0.25, 0.3) is 5.91 Å². The molecule has 1 N–H and O–H groups in total. The number of thioether (sulfide) groups is 1. The fraction of sp³-hybridized carbons (Fsp3) is 0.391. The van der Waals surface area contributed by atoms with Gasteiger partial charge in [0, 0.05) is 35.6 Å². The van der Waals surface area contributed by atoms with Gasteiger partial charge in [-0.05, 0) is 48.7 Å². The minimum Gasteiger partial charge on any atom is -0.490 e. The summed E-state index contributed by atoms with van der Waals surface area (Å²) in [7, 11) is 0. The molecule has 30 heavy (non-hydrogen) atoms. The molecule has 1 saturated heterocycles. The van der Waals surface area contributed by atoms with Crippen molar-refractivity contribution in [2.24, 2.45) is 0 Å². The van der Waals surface area contributed by atoms with Gasteiger partial charge in [0.2, 0.25) is 5.91 Å². The van der Waals surface area contributed by atoms with Crippen LogP contribution in [0.1, 0.15) is 47.6 Å². The number of nitrogens with one attached hydrogen (secondary N) is 1. The first-order chi connectivity index (χ1) is 14.7. The third kappa shape index (κ3) is 3.74. The summed E-state index contributed by atoms with van der Waals surface area (Å²) in [5, 5.41) is 2.93. The number of hydrogen-bond donors (Lipinski definition) is 1. The van der Waals surface area contributed by atoms with E-state index in [0.29, 0.717) is 25.2 Å². The number of ether oxygens (including phenoxy) is 2. The number of benzene rings is 2. The van der Waals surface area contributed by atoms with Crippen LogP contribution in [0.5, 0.6) is 11.5 Å². The number of rotatable bonds is 2. The van der Waals surface area contributed by atoms with E-state index in [1.165, 1.54) is 0 Å². The zero-order valence-corrected chi connectivity index (χ0v) is 17.5. The summed E-state index contributed by atoms with van der Waals surface area (Å²) in [6, 6.07) is 11.6. The number of amides is 2. The highest BCUT2D eigenvalue weighted by atomic mass is 32.2. The largest absolute Gasteiger partial charge is 0.490 e. The molecule has 0 spiro atoms. The number of likely N-dealkylation sites (tertiary alicyclic amines) is 1. The number of carbonyl (C=O) groups is 2. The molecule has 156 valence electrons. The van der Waals surface area contributed by atoms with Crippen molar-refractivity contribution in [3.05, 3.63) is 47.5 Å². The van der Waals surface area contributed by atoms with Gasteiger partial charge in [0.05, 0.1) is 24.9 Å². The van der Waals surface area contributed by atoms with E-state index in [2.05, 4.69) is 5.32 Å². The van der Waals surface area contributed by atoms with E-state index in [4.69, 9.17) is 9.47 Å². The van der Waals surface area contributed by atoms with Crippen molar-refractivity contribution in [1.29, 1.82) is 0 Å². The summed E-state index contributed by atoms with van der Waals surface area (Å²) in [5.74, 6) is 2.28. The Morgan fingerprint density at radius 3 is 2.83 bits per heavy atom. The number of nitrogens with zero attached hydrogens (tertiary/aromatic N) is 1. The normalized spacial score (nSPS) is 20.7. The van der Waals surface area contributed by atoms with Crippen LogP contribution in [0, 0.1) is 0 Å². The molecule has 6 nitrogen and oxygen atoms in total. The van der Waals surface area contributed by atoms with Crippen LogP contribution >= 0.6 is 11.8 Å². The molecule has 3 heterocycles. The first-order valence-corrected chi connectivity index (χ1v) is 11.4. The highest BCUT2D eigenvalue weighted by Crippen LogP contribution is 2.39. The predicted molar refractivity (Wildman–Crippen MR) is 115 cm³/mol. The molecule has 3 aliphatic heterocycles. The van der Waals surface area contributed by atoms with Crippen molar-refractivity contribution >= 4 is 29.3 Å². The van der Waals surface area contributed by atoms with Crippen LogP contribution in [0.2, 0.25) is 0 Å². The van der Waals surface area contributed by atoms with Gasteiger partial charge in [-0.1, -0.05) is 6.07 Å². The molecule has 0 unspecified atom stereocenters. The molecule has 0 aliphatic carbocycles. The van der Waals surface area contributed by atoms with Crippen LogP contribution in [-0.4, -0.2) is 42.2 Å². The van der Waals surface area contributed by atoms with E-state index in [9.17, 15) is 9.59 Å². The van der Waals surface area contributed by atoms with Gasteiger partial charge in [-0.15, -0.1) is 11.8 Å². The topological polar surface area (TPSA) is 67.9 Å². The molecule has 1 fully saturated rings. The molecule has 0 aromatic heterocycles. The van der Waals surface area contributed by atoms with E-state index in [-0.39, 0.29) is 17.9 Å². The zero-order chi connectivity index (χ0) is 20.5. The van der Waals surface area contributed by atoms with Gasteiger partial charge in [-0.3, -0.25) is 9.59 Å². The number of carbonyl (C=O) groups excluding carboxylic acids is 2. The van der Waals surface area contributed by atoms with Crippen LogP contribution in [0.4, 0.5) is 5.69 Å². The van der Waals surface area contributed by atoms with Crippen LogP contribution < -0.4 is 14.8 Å². The molecule has 2 aromatic carbocycles. The lowest BCUT2D eigenvalue weighted by Crippen LogP contribution is -2.30. The highest BCUT2D eigenvalue weighted by Gasteiger charge is 2.32. The summed E-state index contributed by atoms with van der Waals surface area (Å²) >= 11 is 1.64. The molecule has 0 saturated carbocycles. The second-order valence-corrected chi connectivity index (χ2v) is 8.91. The van der Waals surface area contributed by atoms with E-state index in [1.54, 1.807) is 11.8 Å². The maximum Gasteiger partial charge on any atom is 0.254 e. The Balaban J connectivity index is 1.41. The Bertz CT molecular complexity index is 993. The van der Waals surface area contributed by atoms with Crippen LogP contribution in [-0.2, 0) is 4.79 Å². The number of anilines is 1. The van der Waals surface area contributed by atoms with E-state index >= 15 is 0 Å². The summed E-state index contributed by atoms with van der Waals surface area (Å²) in [6.07, 6.45) is 3.23. The number of hydrogen-bond acceptors (Lipinski definition) is 5. The third-order valence-corrected chi connectivity index (χ3v) is 6.83.